The van der Waals surface area contributed by atoms with Crippen LogP contribution in [0.1, 0.15) is 86.3 Å². The number of amides is 2. The summed E-state index contributed by atoms with van der Waals surface area (Å²) in [7, 11) is 0. The number of fused-ring (bicyclic) bond motifs is 3. The maximum Gasteiger partial charge on any atom is 0.230 e. The van der Waals surface area contributed by atoms with Crippen LogP contribution in [0.2, 0.25) is 5.02 Å². The number of carbonyl (C=O) groups is 2. The molecule has 1 unspecified atom stereocenters. The summed E-state index contributed by atoms with van der Waals surface area (Å²) in [5.41, 5.74) is 6.01. The number of carbonyl (C=O) groups excluding carboxylic acids is 2. The number of hydrogen-bond donors (Lipinski definition) is 0. The number of imidazole rings is 1. The van der Waals surface area contributed by atoms with Gasteiger partial charge in [0.1, 0.15) is 5.82 Å². The normalized spacial score (nSPS) is 23.3. The number of aromatic nitrogens is 2. The van der Waals surface area contributed by atoms with E-state index in [4.69, 9.17) is 16.6 Å². The van der Waals surface area contributed by atoms with E-state index in [-0.39, 0.29) is 17.7 Å². The molecule has 0 radical (unpaired) electrons. The molecule has 5 heterocycles. The summed E-state index contributed by atoms with van der Waals surface area (Å²) < 4.78 is 2.62. The van der Waals surface area contributed by atoms with Gasteiger partial charge in [0.15, 0.2) is 0 Å². The maximum absolute atomic E-state index is 14.0. The first-order valence-corrected chi connectivity index (χ1v) is 18.5. The predicted molar refractivity (Wildman–Crippen MR) is 191 cm³/mol. The van der Waals surface area contributed by atoms with Crippen LogP contribution in [-0.2, 0) is 29.1 Å². The summed E-state index contributed by atoms with van der Waals surface area (Å²) in [6, 6.07) is 18.5. The van der Waals surface area contributed by atoms with E-state index in [2.05, 4.69) is 51.6 Å². The fourth-order valence-electron chi connectivity index (χ4n) is 9.07. The van der Waals surface area contributed by atoms with E-state index in [1.54, 1.807) is 6.92 Å². The molecule has 3 fully saturated rings. The second-order valence-electron chi connectivity index (χ2n) is 14.7. The van der Waals surface area contributed by atoms with Crippen LogP contribution in [0.25, 0.3) is 0 Å². The lowest BCUT2D eigenvalue weighted by Crippen LogP contribution is -2.46. The van der Waals surface area contributed by atoms with E-state index < -0.39 is 0 Å². The van der Waals surface area contributed by atoms with Crippen molar-refractivity contribution in [1.29, 1.82) is 0 Å². The lowest BCUT2D eigenvalue weighted by atomic mass is 9.94. The minimum absolute atomic E-state index is 0.0673. The molecule has 0 aliphatic carbocycles. The summed E-state index contributed by atoms with van der Waals surface area (Å²) in [6.07, 6.45) is 8.30. The van der Waals surface area contributed by atoms with Crippen molar-refractivity contribution < 1.29 is 9.59 Å². The second kappa shape index (κ2) is 14.3. The SMILES string of the molecule is CC(=O)N1CCC(C(=O)N(CCCN2[C@@H]3CC[C@H]2CC(n2c(C)nc4c2CCN(Cc2ccccc2)C4)C3)c2ccc(C)c(Cl)c2)CC1. The molecule has 0 spiro atoms. The van der Waals surface area contributed by atoms with Crippen molar-refractivity contribution in [2.75, 3.05) is 37.6 Å². The molecule has 4 aliphatic heterocycles. The van der Waals surface area contributed by atoms with Gasteiger partial charge in [-0.05, 0) is 82.1 Å². The van der Waals surface area contributed by atoms with Gasteiger partial charge < -0.3 is 14.4 Å². The van der Waals surface area contributed by atoms with Crippen LogP contribution in [0.4, 0.5) is 5.69 Å². The molecule has 8 nitrogen and oxygen atoms in total. The fraction of sp³-hybridized carbons (Fsp3) is 0.564. The van der Waals surface area contributed by atoms with Gasteiger partial charge in [-0.2, -0.15) is 0 Å². The minimum Gasteiger partial charge on any atom is -0.343 e. The van der Waals surface area contributed by atoms with E-state index in [0.717, 1.165) is 50.3 Å². The van der Waals surface area contributed by atoms with E-state index >= 15 is 0 Å². The molecule has 0 saturated carbocycles. The molecule has 7 rings (SSSR count). The number of benzene rings is 2. The van der Waals surface area contributed by atoms with Crippen molar-refractivity contribution in [2.24, 2.45) is 5.92 Å². The monoisotopic (exact) mass is 670 g/mol. The number of hydrogen-bond acceptors (Lipinski definition) is 5. The highest BCUT2D eigenvalue weighted by Crippen LogP contribution is 2.42. The molecule has 1 aromatic heterocycles. The van der Waals surface area contributed by atoms with Crippen molar-refractivity contribution >= 4 is 29.1 Å². The van der Waals surface area contributed by atoms with E-state index in [1.807, 2.05) is 34.9 Å². The zero-order chi connectivity index (χ0) is 33.4. The molecule has 3 atom stereocenters. The Bertz CT molecular complexity index is 1600. The predicted octanol–water partition coefficient (Wildman–Crippen LogP) is 6.56. The Morgan fingerprint density at radius 2 is 1.67 bits per heavy atom. The van der Waals surface area contributed by atoms with Gasteiger partial charge in [-0.15, -0.1) is 0 Å². The molecule has 3 saturated heterocycles. The highest BCUT2D eigenvalue weighted by Gasteiger charge is 2.42. The number of anilines is 1. The van der Waals surface area contributed by atoms with Crippen LogP contribution < -0.4 is 4.90 Å². The number of aryl methyl sites for hydroxylation is 2. The van der Waals surface area contributed by atoms with Crippen LogP contribution in [0.15, 0.2) is 48.5 Å². The third-order valence-electron chi connectivity index (χ3n) is 11.6. The van der Waals surface area contributed by atoms with Gasteiger partial charge in [0, 0.05) is 99.6 Å². The number of halogens is 1. The Labute approximate surface area is 291 Å². The van der Waals surface area contributed by atoms with E-state index in [1.165, 1.54) is 48.5 Å². The average molecular weight is 671 g/mol. The Kier molecular flexibility index (Phi) is 9.95. The molecule has 2 bridgehead atoms. The van der Waals surface area contributed by atoms with Gasteiger partial charge in [0.25, 0.3) is 0 Å². The topological polar surface area (TPSA) is 64.9 Å². The van der Waals surface area contributed by atoms with Gasteiger partial charge in [-0.3, -0.25) is 19.4 Å². The first kappa shape index (κ1) is 33.3. The Morgan fingerprint density at radius 3 is 2.35 bits per heavy atom. The molecular weight excluding hydrogens is 620 g/mol. The van der Waals surface area contributed by atoms with E-state index in [9.17, 15) is 9.59 Å². The van der Waals surface area contributed by atoms with Crippen LogP contribution >= 0.6 is 11.6 Å². The number of rotatable bonds is 9. The summed E-state index contributed by atoms with van der Waals surface area (Å²) in [5, 5.41) is 0.692. The zero-order valence-electron chi connectivity index (χ0n) is 28.9. The molecule has 2 amide bonds. The second-order valence-corrected chi connectivity index (χ2v) is 15.1. The zero-order valence-corrected chi connectivity index (χ0v) is 29.7. The smallest absolute Gasteiger partial charge is 0.230 e. The molecular formula is C39H51ClN6O2. The largest absolute Gasteiger partial charge is 0.343 e. The maximum atomic E-state index is 14.0. The average Bonchev–Trinajstić information content (AvgIpc) is 3.53. The molecule has 256 valence electrons. The van der Waals surface area contributed by atoms with E-state index in [0.29, 0.717) is 55.6 Å². The van der Waals surface area contributed by atoms with Gasteiger partial charge in [-0.1, -0.05) is 48.0 Å². The Balaban J connectivity index is 0.986. The number of piperidine rings is 2. The van der Waals surface area contributed by atoms with Crippen molar-refractivity contribution in [3.63, 3.8) is 0 Å². The van der Waals surface area contributed by atoms with Crippen LogP contribution in [0.3, 0.4) is 0 Å². The third-order valence-corrected chi connectivity index (χ3v) is 12.0. The standard InChI is InChI=1S/C39H51ClN6O2/c1-27-10-11-34(24-36(27)40)45(39(48)31-14-20-43(21-15-31)29(3)47)18-7-17-44-32-12-13-33(44)23-35(22-32)46-28(2)41-37-26-42(19-16-38(37)46)25-30-8-5-4-6-9-30/h4-6,8-11,24,31-33,35H,7,12-23,25-26H2,1-3H3/t32-,33+,35?. The highest BCUT2D eigenvalue weighted by atomic mass is 35.5. The highest BCUT2D eigenvalue weighted by molar-refractivity contribution is 6.31. The summed E-state index contributed by atoms with van der Waals surface area (Å²) in [5.74, 6) is 1.37. The fourth-order valence-corrected chi connectivity index (χ4v) is 9.24. The van der Waals surface area contributed by atoms with Crippen molar-refractivity contribution in [3.05, 3.63) is 81.9 Å². The summed E-state index contributed by atoms with van der Waals surface area (Å²) in [4.78, 5) is 40.1. The Hall–Kier alpha value is -3.20. The van der Waals surface area contributed by atoms with Crippen LogP contribution in [-0.4, -0.2) is 80.9 Å². The Morgan fingerprint density at radius 1 is 0.938 bits per heavy atom. The molecule has 9 heteroatoms. The molecule has 4 aliphatic rings. The van der Waals surface area contributed by atoms with Crippen LogP contribution in [0, 0.1) is 19.8 Å². The first-order valence-electron chi connectivity index (χ1n) is 18.2. The minimum atomic E-state index is -0.0673. The number of nitrogens with zero attached hydrogens (tertiary/aromatic N) is 6. The third kappa shape index (κ3) is 6.94. The van der Waals surface area contributed by atoms with Gasteiger partial charge in [0.2, 0.25) is 11.8 Å². The molecule has 3 aromatic rings. The van der Waals surface area contributed by atoms with Gasteiger partial charge >= 0.3 is 0 Å². The van der Waals surface area contributed by atoms with Crippen molar-refractivity contribution in [1.82, 2.24) is 24.3 Å². The van der Waals surface area contributed by atoms with Crippen LogP contribution in [0.5, 0.6) is 0 Å². The lowest BCUT2D eigenvalue weighted by Gasteiger charge is -2.41. The molecule has 48 heavy (non-hydrogen) atoms. The van der Waals surface area contributed by atoms with Gasteiger partial charge in [-0.25, -0.2) is 4.98 Å². The van der Waals surface area contributed by atoms with Gasteiger partial charge in [0.05, 0.1) is 5.69 Å². The first-order chi connectivity index (χ1) is 23.2. The van der Waals surface area contributed by atoms with Crippen molar-refractivity contribution in [2.45, 2.75) is 103 Å². The quantitative estimate of drug-likeness (QED) is 0.258. The summed E-state index contributed by atoms with van der Waals surface area (Å²) >= 11 is 6.56. The lowest BCUT2D eigenvalue weighted by molar-refractivity contribution is -0.133. The molecule has 2 aromatic carbocycles. The molecule has 0 N–H and O–H groups in total. The van der Waals surface area contributed by atoms with Crippen molar-refractivity contribution in [3.8, 4) is 0 Å². The summed E-state index contributed by atoms with van der Waals surface area (Å²) in [6.45, 7) is 11.8. The number of likely N-dealkylation sites (tertiary alicyclic amines) is 1.